The third kappa shape index (κ3) is 3.01. The molecule has 1 N–H and O–H groups in total. The van der Waals surface area contributed by atoms with Crippen LogP contribution < -0.4 is 10.2 Å². The van der Waals surface area contributed by atoms with Crippen LogP contribution in [0, 0.1) is 0 Å². The van der Waals surface area contributed by atoms with Gasteiger partial charge in [0.25, 0.3) is 0 Å². The summed E-state index contributed by atoms with van der Waals surface area (Å²) in [6, 6.07) is 9.55. The van der Waals surface area contributed by atoms with E-state index in [9.17, 15) is 0 Å². The monoisotopic (exact) mass is 274 g/mol. The lowest BCUT2D eigenvalue weighted by Gasteiger charge is -2.48. The van der Waals surface area contributed by atoms with Gasteiger partial charge in [-0.25, -0.2) is 0 Å². The van der Waals surface area contributed by atoms with Gasteiger partial charge in [-0.3, -0.25) is 0 Å². The van der Waals surface area contributed by atoms with Gasteiger partial charge in [-0.1, -0.05) is 45.9 Å². The SMILES string of the molecule is CCC1CNC(C)(CC)CN1c1ccccc1C(C)C. The van der Waals surface area contributed by atoms with Crippen molar-refractivity contribution in [2.75, 3.05) is 18.0 Å². The maximum absolute atomic E-state index is 3.75. The number of piperazine rings is 1. The minimum atomic E-state index is 0.232. The Balaban J connectivity index is 2.36. The third-order valence-corrected chi connectivity index (χ3v) is 4.84. The highest BCUT2D eigenvalue weighted by Crippen LogP contribution is 2.32. The van der Waals surface area contributed by atoms with Crippen LogP contribution in [0.5, 0.6) is 0 Å². The largest absolute Gasteiger partial charge is 0.365 e. The van der Waals surface area contributed by atoms with Crippen molar-refractivity contribution >= 4 is 5.69 Å². The lowest BCUT2D eigenvalue weighted by molar-refractivity contribution is 0.275. The number of hydrogen-bond donors (Lipinski definition) is 1. The van der Waals surface area contributed by atoms with Crippen molar-refractivity contribution in [3.8, 4) is 0 Å². The summed E-state index contributed by atoms with van der Waals surface area (Å²) in [5.41, 5.74) is 3.15. The summed E-state index contributed by atoms with van der Waals surface area (Å²) >= 11 is 0. The summed E-state index contributed by atoms with van der Waals surface area (Å²) in [5.74, 6) is 0.575. The van der Waals surface area contributed by atoms with Crippen molar-refractivity contribution in [3.63, 3.8) is 0 Å². The zero-order valence-corrected chi connectivity index (χ0v) is 13.7. The molecule has 1 aromatic carbocycles. The first-order chi connectivity index (χ1) is 9.50. The molecule has 0 saturated carbocycles. The molecule has 1 saturated heterocycles. The Kier molecular flexibility index (Phi) is 4.74. The van der Waals surface area contributed by atoms with Crippen LogP contribution in [0.2, 0.25) is 0 Å². The number of rotatable bonds is 4. The fraction of sp³-hybridized carbons (Fsp3) is 0.667. The van der Waals surface area contributed by atoms with Gasteiger partial charge >= 0.3 is 0 Å². The van der Waals surface area contributed by atoms with Gasteiger partial charge in [0.2, 0.25) is 0 Å². The second-order valence-electron chi connectivity index (χ2n) is 6.70. The van der Waals surface area contributed by atoms with Gasteiger partial charge in [-0.05, 0) is 37.3 Å². The van der Waals surface area contributed by atoms with Crippen molar-refractivity contribution in [2.24, 2.45) is 0 Å². The zero-order chi connectivity index (χ0) is 14.8. The maximum atomic E-state index is 3.75. The van der Waals surface area contributed by atoms with Gasteiger partial charge in [0.05, 0.1) is 0 Å². The summed E-state index contributed by atoms with van der Waals surface area (Å²) < 4.78 is 0. The molecular formula is C18H30N2. The molecule has 20 heavy (non-hydrogen) atoms. The molecule has 0 aromatic heterocycles. The van der Waals surface area contributed by atoms with Gasteiger partial charge in [0, 0.05) is 30.4 Å². The van der Waals surface area contributed by atoms with Crippen LogP contribution in [-0.2, 0) is 0 Å². The van der Waals surface area contributed by atoms with Crippen molar-refractivity contribution in [1.82, 2.24) is 5.32 Å². The lowest BCUT2D eigenvalue weighted by Crippen LogP contribution is -2.63. The van der Waals surface area contributed by atoms with E-state index in [0.717, 1.165) is 13.1 Å². The molecule has 2 heteroatoms. The summed E-state index contributed by atoms with van der Waals surface area (Å²) in [5, 5.41) is 3.75. The number of benzene rings is 1. The van der Waals surface area contributed by atoms with E-state index < -0.39 is 0 Å². The molecule has 2 rings (SSSR count). The normalized spacial score (nSPS) is 27.1. The van der Waals surface area contributed by atoms with Crippen LogP contribution in [0.1, 0.15) is 58.9 Å². The molecule has 0 radical (unpaired) electrons. The highest BCUT2D eigenvalue weighted by molar-refractivity contribution is 5.56. The molecule has 1 aromatic rings. The van der Waals surface area contributed by atoms with Crippen molar-refractivity contribution in [3.05, 3.63) is 29.8 Å². The van der Waals surface area contributed by atoms with Gasteiger partial charge in [0.1, 0.15) is 0 Å². The van der Waals surface area contributed by atoms with E-state index in [0.29, 0.717) is 12.0 Å². The molecular weight excluding hydrogens is 244 g/mol. The molecule has 1 heterocycles. The minimum absolute atomic E-state index is 0.232. The first kappa shape index (κ1) is 15.4. The molecule has 1 aliphatic rings. The van der Waals surface area contributed by atoms with Crippen molar-refractivity contribution < 1.29 is 0 Å². The molecule has 112 valence electrons. The third-order valence-electron chi connectivity index (χ3n) is 4.84. The molecule has 0 aliphatic carbocycles. The van der Waals surface area contributed by atoms with Crippen molar-refractivity contribution in [1.29, 1.82) is 0 Å². The van der Waals surface area contributed by atoms with Gasteiger partial charge in [0.15, 0.2) is 0 Å². The van der Waals surface area contributed by atoms with Crippen LogP contribution in [0.3, 0.4) is 0 Å². The standard InChI is InChI=1S/C18H30N2/c1-6-15-12-19-18(5,7-2)13-20(15)17-11-9-8-10-16(17)14(3)4/h8-11,14-15,19H,6-7,12-13H2,1-5H3. The second kappa shape index (κ2) is 6.17. The predicted octanol–water partition coefficient (Wildman–Crippen LogP) is 4.17. The zero-order valence-electron chi connectivity index (χ0n) is 13.7. The summed E-state index contributed by atoms with van der Waals surface area (Å²) in [4.78, 5) is 2.65. The van der Waals surface area contributed by atoms with Crippen LogP contribution in [0.4, 0.5) is 5.69 Å². The number of anilines is 1. The van der Waals surface area contributed by atoms with Crippen LogP contribution >= 0.6 is 0 Å². The Morgan fingerprint density at radius 1 is 1.30 bits per heavy atom. The summed E-state index contributed by atoms with van der Waals surface area (Å²) in [6.07, 6.45) is 2.36. The molecule has 1 fully saturated rings. The van der Waals surface area contributed by atoms with E-state index in [1.807, 2.05) is 0 Å². The lowest BCUT2D eigenvalue weighted by atomic mass is 9.90. The highest BCUT2D eigenvalue weighted by Gasteiger charge is 2.34. The first-order valence-electron chi connectivity index (χ1n) is 8.11. The topological polar surface area (TPSA) is 15.3 Å². The van der Waals surface area contributed by atoms with E-state index in [1.54, 1.807) is 0 Å². The fourth-order valence-corrected chi connectivity index (χ4v) is 3.16. The summed E-state index contributed by atoms with van der Waals surface area (Å²) in [6.45, 7) is 13.7. The Morgan fingerprint density at radius 2 is 2.00 bits per heavy atom. The minimum Gasteiger partial charge on any atom is -0.365 e. The number of hydrogen-bond acceptors (Lipinski definition) is 2. The Bertz CT molecular complexity index is 441. The number of nitrogens with zero attached hydrogens (tertiary/aromatic N) is 1. The van der Waals surface area contributed by atoms with E-state index in [-0.39, 0.29) is 5.54 Å². The molecule has 2 unspecified atom stereocenters. The van der Waals surface area contributed by atoms with Gasteiger partial charge in [-0.15, -0.1) is 0 Å². The smallest absolute Gasteiger partial charge is 0.0413 e. The van der Waals surface area contributed by atoms with Gasteiger partial charge in [-0.2, -0.15) is 0 Å². The Morgan fingerprint density at radius 3 is 2.60 bits per heavy atom. The molecule has 0 amide bonds. The average molecular weight is 274 g/mol. The molecule has 0 bridgehead atoms. The highest BCUT2D eigenvalue weighted by atomic mass is 15.3. The summed E-state index contributed by atoms with van der Waals surface area (Å²) in [7, 11) is 0. The van der Waals surface area contributed by atoms with E-state index in [1.165, 1.54) is 24.1 Å². The number of para-hydroxylation sites is 1. The van der Waals surface area contributed by atoms with E-state index >= 15 is 0 Å². The van der Waals surface area contributed by atoms with E-state index in [4.69, 9.17) is 0 Å². The molecule has 2 atom stereocenters. The maximum Gasteiger partial charge on any atom is 0.0413 e. The van der Waals surface area contributed by atoms with Crippen LogP contribution in [0.15, 0.2) is 24.3 Å². The molecule has 1 aliphatic heterocycles. The van der Waals surface area contributed by atoms with Crippen LogP contribution in [0.25, 0.3) is 0 Å². The van der Waals surface area contributed by atoms with Crippen molar-refractivity contribution in [2.45, 2.75) is 65.0 Å². The number of nitrogens with one attached hydrogen (secondary N) is 1. The molecule has 2 nitrogen and oxygen atoms in total. The van der Waals surface area contributed by atoms with E-state index in [2.05, 4.69) is 69.1 Å². The quantitative estimate of drug-likeness (QED) is 0.886. The second-order valence-corrected chi connectivity index (χ2v) is 6.70. The Hall–Kier alpha value is -1.02. The fourth-order valence-electron chi connectivity index (χ4n) is 3.16. The average Bonchev–Trinajstić information content (AvgIpc) is 2.47. The first-order valence-corrected chi connectivity index (χ1v) is 8.11. The molecule has 0 spiro atoms. The predicted molar refractivity (Wildman–Crippen MR) is 88.7 cm³/mol. The van der Waals surface area contributed by atoms with Crippen LogP contribution in [-0.4, -0.2) is 24.7 Å². The Labute approximate surface area is 124 Å². The van der Waals surface area contributed by atoms with Gasteiger partial charge < -0.3 is 10.2 Å².